The summed E-state index contributed by atoms with van der Waals surface area (Å²) in [5.74, 6) is -0.320. The molecule has 7 nitrogen and oxygen atoms in total. The van der Waals surface area contributed by atoms with E-state index < -0.39 is 12.0 Å². The fraction of sp³-hybridized carbons (Fsp3) is 0.286. The van der Waals surface area contributed by atoms with Crippen molar-refractivity contribution in [2.45, 2.75) is 18.6 Å². The number of alkyl halides is 1. The van der Waals surface area contributed by atoms with Crippen molar-refractivity contribution in [1.29, 1.82) is 0 Å². The molecule has 0 amide bonds. The number of anilines is 2. The molecule has 4 N–H and O–H groups in total. The summed E-state index contributed by atoms with van der Waals surface area (Å²) in [6, 6.07) is 6.56. The highest BCUT2D eigenvalue weighted by atomic mass is 35.5. The standard InChI is InChI=1S/C21H19ClF2N6OS/c1-31-21-28-18-12(19(29-21)30-7-9(23)5-10(25)8-30)6-13(22)15(16(18)24)11-3-2-4-14-17(11)27-20(26)32-14/h2-4,6,9-10H,5,7-8,25H2,1H3,(H2,26,27). The Labute approximate surface area is 191 Å². The highest BCUT2D eigenvalue weighted by Crippen LogP contribution is 2.42. The summed E-state index contributed by atoms with van der Waals surface area (Å²) < 4.78 is 36.2. The van der Waals surface area contributed by atoms with Gasteiger partial charge in [-0.1, -0.05) is 35.1 Å². The Bertz CT molecular complexity index is 1340. The summed E-state index contributed by atoms with van der Waals surface area (Å²) >= 11 is 7.90. The lowest BCUT2D eigenvalue weighted by molar-refractivity contribution is 0.268. The van der Waals surface area contributed by atoms with Gasteiger partial charge >= 0.3 is 6.01 Å². The SMILES string of the molecule is COc1nc(N2CC(N)CC(F)C2)c2cc(Cl)c(-c3cccc4sc(N)nc34)c(F)c2n1. The van der Waals surface area contributed by atoms with E-state index in [-0.39, 0.29) is 41.1 Å². The fourth-order valence-electron chi connectivity index (χ4n) is 4.15. The van der Waals surface area contributed by atoms with Gasteiger partial charge in [-0.25, -0.2) is 13.8 Å². The van der Waals surface area contributed by atoms with Crippen LogP contribution in [0.4, 0.5) is 19.7 Å². The van der Waals surface area contributed by atoms with Gasteiger partial charge in [-0.15, -0.1) is 0 Å². The molecule has 0 spiro atoms. The Morgan fingerprint density at radius 1 is 1.22 bits per heavy atom. The molecule has 2 aromatic heterocycles. The molecule has 166 valence electrons. The number of nitrogens with zero attached hydrogens (tertiary/aromatic N) is 4. The third kappa shape index (κ3) is 3.48. The third-order valence-electron chi connectivity index (χ3n) is 5.46. The molecule has 0 saturated carbocycles. The normalized spacial score (nSPS) is 19.1. The summed E-state index contributed by atoms with van der Waals surface area (Å²) in [5.41, 5.74) is 13.1. The van der Waals surface area contributed by atoms with E-state index >= 15 is 4.39 Å². The first-order chi connectivity index (χ1) is 15.4. The summed E-state index contributed by atoms with van der Waals surface area (Å²) in [7, 11) is 1.39. The average Bonchev–Trinajstić information content (AvgIpc) is 3.13. The number of ether oxygens (including phenoxy) is 1. The van der Waals surface area contributed by atoms with E-state index in [0.717, 1.165) is 4.70 Å². The summed E-state index contributed by atoms with van der Waals surface area (Å²) in [6.07, 6.45) is -0.862. The highest BCUT2D eigenvalue weighted by molar-refractivity contribution is 7.22. The molecule has 5 rings (SSSR count). The minimum atomic E-state index is -1.12. The molecule has 2 atom stereocenters. The van der Waals surface area contributed by atoms with Gasteiger partial charge in [0.25, 0.3) is 0 Å². The van der Waals surface area contributed by atoms with E-state index in [1.807, 2.05) is 6.07 Å². The van der Waals surface area contributed by atoms with Gasteiger partial charge in [0.05, 0.1) is 28.9 Å². The van der Waals surface area contributed by atoms with Crippen LogP contribution in [0, 0.1) is 5.82 Å². The molecule has 32 heavy (non-hydrogen) atoms. The molecule has 1 fully saturated rings. The van der Waals surface area contributed by atoms with Gasteiger partial charge in [0.15, 0.2) is 10.9 Å². The number of piperidine rings is 1. The molecule has 4 aromatic rings. The monoisotopic (exact) mass is 476 g/mol. The average molecular weight is 477 g/mol. The minimum absolute atomic E-state index is 0.0148. The van der Waals surface area contributed by atoms with Crippen LogP contribution in [0.25, 0.3) is 32.2 Å². The first kappa shape index (κ1) is 21.0. The van der Waals surface area contributed by atoms with Gasteiger partial charge in [-0.2, -0.15) is 9.97 Å². The van der Waals surface area contributed by atoms with Gasteiger partial charge in [-0.3, -0.25) is 0 Å². The molecule has 1 saturated heterocycles. The van der Waals surface area contributed by atoms with E-state index in [1.54, 1.807) is 23.1 Å². The maximum absolute atomic E-state index is 16.0. The van der Waals surface area contributed by atoms with Crippen molar-refractivity contribution in [2.75, 3.05) is 30.8 Å². The van der Waals surface area contributed by atoms with Crippen molar-refractivity contribution < 1.29 is 13.5 Å². The molecule has 2 aromatic carbocycles. The van der Waals surface area contributed by atoms with Crippen LogP contribution in [-0.4, -0.2) is 47.4 Å². The van der Waals surface area contributed by atoms with Crippen LogP contribution in [0.1, 0.15) is 6.42 Å². The van der Waals surface area contributed by atoms with Crippen molar-refractivity contribution in [2.24, 2.45) is 5.73 Å². The Morgan fingerprint density at radius 2 is 2.03 bits per heavy atom. The van der Waals surface area contributed by atoms with E-state index in [9.17, 15) is 4.39 Å². The van der Waals surface area contributed by atoms with Crippen molar-refractivity contribution in [1.82, 2.24) is 15.0 Å². The molecular weight excluding hydrogens is 458 g/mol. The zero-order valence-corrected chi connectivity index (χ0v) is 18.6. The molecular formula is C21H19ClF2N6OS. The summed E-state index contributed by atoms with van der Waals surface area (Å²) in [5, 5.41) is 0.878. The number of benzene rings is 2. The lowest BCUT2D eigenvalue weighted by atomic mass is 10.0. The van der Waals surface area contributed by atoms with E-state index in [2.05, 4.69) is 15.0 Å². The number of thiazole rings is 1. The van der Waals surface area contributed by atoms with Crippen LogP contribution in [0.2, 0.25) is 5.02 Å². The molecule has 1 aliphatic rings. The van der Waals surface area contributed by atoms with Crippen molar-refractivity contribution in [3.05, 3.63) is 35.1 Å². The largest absolute Gasteiger partial charge is 0.467 e. The Hall–Kier alpha value is -2.82. The van der Waals surface area contributed by atoms with Crippen LogP contribution < -0.4 is 21.1 Å². The van der Waals surface area contributed by atoms with Crippen molar-refractivity contribution in [3.8, 4) is 17.1 Å². The lowest BCUT2D eigenvalue weighted by Crippen LogP contribution is -2.48. The molecule has 11 heteroatoms. The number of rotatable bonds is 3. The van der Waals surface area contributed by atoms with E-state index in [4.69, 9.17) is 27.8 Å². The number of hydrogen-bond donors (Lipinski definition) is 2. The number of para-hydroxylation sites is 1. The molecule has 0 radical (unpaired) electrons. The predicted molar refractivity (Wildman–Crippen MR) is 124 cm³/mol. The number of aromatic nitrogens is 3. The maximum Gasteiger partial charge on any atom is 0.318 e. The number of fused-ring (bicyclic) bond motifs is 2. The number of nitrogen functional groups attached to an aromatic ring is 1. The quantitative estimate of drug-likeness (QED) is 0.457. The van der Waals surface area contributed by atoms with Crippen LogP contribution in [0.5, 0.6) is 6.01 Å². The van der Waals surface area contributed by atoms with Crippen molar-refractivity contribution >= 4 is 55.0 Å². The molecule has 3 heterocycles. The third-order valence-corrected chi connectivity index (χ3v) is 6.61. The number of halogens is 3. The molecule has 2 unspecified atom stereocenters. The first-order valence-electron chi connectivity index (χ1n) is 9.89. The zero-order chi connectivity index (χ0) is 22.6. The van der Waals surface area contributed by atoms with Gasteiger partial charge in [0.1, 0.15) is 17.5 Å². The number of hydrogen-bond acceptors (Lipinski definition) is 8. The van der Waals surface area contributed by atoms with E-state index in [0.29, 0.717) is 34.0 Å². The fourth-order valence-corrected chi connectivity index (χ4v) is 5.21. The van der Waals surface area contributed by atoms with Crippen molar-refractivity contribution in [3.63, 3.8) is 0 Å². The summed E-state index contributed by atoms with van der Waals surface area (Å²) in [6.45, 7) is 0.454. The molecule has 0 bridgehead atoms. The Kier molecular flexibility index (Phi) is 5.23. The van der Waals surface area contributed by atoms with Crippen LogP contribution in [-0.2, 0) is 0 Å². The number of nitrogens with two attached hydrogens (primary N) is 2. The van der Waals surface area contributed by atoms with Gasteiger partial charge in [-0.05, 0) is 18.6 Å². The predicted octanol–water partition coefficient (Wildman–Crippen LogP) is 4.17. The highest BCUT2D eigenvalue weighted by Gasteiger charge is 2.29. The minimum Gasteiger partial charge on any atom is -0.467 e. The second-order valence-electron chi connectivity index (χ2n) is 7.68. The van der Waals surface area contributed by atoms with Crippen LogP contribution >= 0.6 is 22.9 Å². The van der Waals surface area contributed by atoms with Gasteiger partial charge < -0.3 is 21.1 Å². The molecule has 1 aliphatic heterocycles. The second kappa shape index (κ2) is 7.95. The second-order valence-corrected chi connectivity index (χ2v) is 9.15. The Balaban J connectivity index is 1.76. The van der Waals surface area contributed by atoms with Gasteiger partial charge in [0, 0.05) is 29.1 Å². The maximum atomic E-state index is 16.0. The van der Waals surface area contributed by atoms with E-state index in [1.165, 1.54) is 18.4 Å². The molecule has 0 aliphatic carbocycles. The van der Waals surface area contributed by atoms with Crippen LogP contribution in [0.15, 0.2) is 24.3 Å². The lowest BCUT2D eigenvalue weighted by Gasteiger charge is -2.34. The topological polar surface area (TPSA) is 103 Å². The summed E-state index contributed by atoms with van der Waals surface area (Å²) in [4.78, 5) is 14.6. The van der Waals surface area contributed by atoms with Gasteiger partial charge in [0.2, 0.25) is 0 Å². The van der Waals surface area contributed by atoms with Crippen LogP contribution in [0.3, 0.4) is 0 Å². The number of methoxy groups -OCH3 is 1. The smallest absolute Gasteiger partial charge is 0.318 e. The Morgan fingerprint density at radius 3 is 2.78 bits per heavy atom. The first-order valence-corrected chi connectivity index (χ1v) is 11.1. The zero-order valence-electron chi connectivity index (χ0n) is 17.0.